The van der Waals surface area contributed by atoms with Gasteiger partial charge < -0.3 is 4.74 Å². The number of rotatable bonds is 11. The Morgan fingerprint density at radius 1 is 0.929 bits per heavy atom. The topological polar surface area (TPSA) is 54.0 Å². The van der Waals surface area contributed by atoms with Gasteiger partial charge in [0, 0.05) is 7.11 Å². The average molecular weight is 499 g/mol. The van der Waals surface area contributed by atoms with Crippen LogP contribution in [0, 0.1) is 27.9 Å². The van der Waals surface area contributed by atoms with Crippen LogP contribution in [0.4, 0.5) is 0 Å². The Labute approximate surface area is 177 Å². The number of esters is 1. The van der Waals surface area contributed by atoms with Crippen molar-refractivity contribution in [1.82, 2.24) is 0 Å². The Balaban J connectivity index is 1.76. The van der Waals surface area contributed by atoms with Crippen LogP contribution in [0.25, 0.3) is 0 Å². The summed E-state index contributed by atoms with van der Waals surface area (Å²) in [6.07, 6.45) is 0. The number of carbonyl (C=O) groups is 1. The van der Waals surface area contributed by atoms with Crippen LogP contribution in [0.5, 0.6) is 5.75 Å². The van der Waals surface area contributed by atoms with Gasteiger partial charge in [0.25, 0.3) is 0 Å². The molecule has 0 bridgehead atoms. The van der Waals surface area contributed by atoms with Crippen LogP contribution in [-0.4, -0.2) is 46.1 Å². The minimum atomic E-state index is -0.405. The molecule has 2 rings (SSSR count). The van der Waals surface area contributed by atoms with Crippen LogP contribution in [0.3, 0.4) is 0 Å². The molecule has 2 aromatic carbocycles. The van der Waals surface area contributed by atoms with Gasteiger partial charge in [0.1, 0.15) is 0 Å². The van der Waals surface area contributed by atoms with Crippen molar-refractivity contribution in [2.24, 2.45) is 0 Å². The molecule has 0 aliphatic heterocycles. The molecule has 2 aromatic rings. The van der Waals surface area contributed by atoms with E-state index in [1.165, 1.54) is 23.8 Å². The van der Waals surface area contributed by atoms with E-state index in [-0.39, 0.29) is 34.4 Å². The van der Waals surface area contributed by atoms with Gasteiger partial charge in [-0.15, -0.1) is 0 Å². The van der Waals surface area contributed by atoms with Gasteiger partial charge in [0.15, 0.2) is 0 Å². The van der Waals surface area contributed by atoms with Crippen LogP contribution in [0.1, 0.15) is 16.7 Å². The number of ether oxygens (including phenoxy) is 4. The molecule has 0 amide bonds. The third-order valence-corrected chi connectivity index (χ3v) is 7.46. The summed E-state index contributed by atoms with van der Waals surface area (Å²) >= 11 is -0.248. The Morgan fingerprint density at radius 3 is 2.21 bits per heavy atom. The third-order valence-electron chi connectivity index (χ3n) is 3.88. The number of aryl methyl sites for hydroxylation is 3. The van der Waals surface area contributed by atoms with E-state index in [2.05, 4.69) is 45.0 Å². The van der Waals surface area contributed by atoms with Gasteiger partial charge in [0.2, 0.25) is 0 Å². The fourth-order valence-corrected chi connectivity index (χ4v) is 5.16. The summed E-state index contributed by atoms with van der Waals surface area (Å²) in [5.74, 6) is 0.260. The second-order valence-corrected chi connectivity index (χ2v) is 9.24. The predicted molar refractivity (Wildman–Crippen MR) is 104 cm³/mol. The Bertz CT molecular complexity index is 735. The van der Waals surface area contributed by atoms with Crippen molar-refractivity contribution in [1.29, 1.82) is 0 Å². The minimum absolute atomic E-state index is 0.108. The zero-order valence-electron chi connectivity index (χ0n) is 16.9. The molecule has 0 aliphatic carbocycles. The summed E-state index contributed by atoms with van der Waals surface area (Å²) in [7, 11) is 1.61. The van der Waals surface area contributed by atoms with E-state index in [9.17, 15) is 4.79 Å². The maximum atomic E-state index is 11.7. The van der Waals surface area contributed by atoms with Crippen molar-refractivity contribution in [3.63, 3.8) is 0 Å². The predicted octanol–water partition coefficient (Wildman–Crippen LogP) is 0.325. The molecule has 0 N–H and O–H groups in total. The van der Waals surface area contributed by atoms with Gasteiger partial charge in [-0.05, 0) is 0 Å². The molecular weight excluding hydrogens is 471 g/mol. The molecule has 0 heterocycles. The summed E-state index contributed by atoms with van der Waals surface area (Å²) in [5, 5.41) is 0. The fraction of sp³-hybridized carbons (Fsp3) is 0.409. The normalized spacial score (nSPS) is 10.9. The quantitative estimate of drug-likeness (QED) is 0.254. The van der Waals surface area contributed by atoms with Crippen molar-refractivity contribution in [3.05, 3.63) is 60.2 Å². The molecule has 0 saturated carbocycles. The first-order valence-electron chi connectivity index (χ1n) is 9.17. The van der Waals surface area contributed by atoms with Gasteiger partial charge >= 0.3 is 159 Å². The Morgan fingerprint density at radius 2 is 1.57 bits per heavy atom. The first kappa shape index (κ1) is 22.6. The zero-order chi connectivity index (χ0) is 20.4. The number of methoxy groups -OCH3 is 1. The van der Waals surface area contributed by atoms with E-state index >= 15 is 0 Å². The van der Waals surface area contributed by atoms with E-state index in [1.807, 2.05) is 12.1 Å². The molecule has 0 saturated heterocycles. The van der Waals surface area contributed by atoms with Gasteiger partial charge in [-0.3, -0.25) is 0 Å². The van der Waals surface area contributed by atoms with E-state index in [1.54, 1.807) is 7.11 Å². The summed E-state index contributed by atoms with van der Waals surface area (Å²) in [6, 6.07) is 12.5. The number of hydrogen-bond acceptors (Lipinski definition) is 5. The molecule has 154 valence electrons. The SMILES string of the molecule is COCCOCCOC(=O)COc1ccc([I-]c2c(C)cc(C)cc2C)cc1. The maximum absolute atomic E-state index is 11.7. The Kier molecular flexibility index (Phi) is 9.73. The molecule has 0 aliphatic rings. The molecule has 0 aromatic heterocycles. The van der Waals surface area contributed by atoms with Crippen molar-refractivity contribution in [2.75, 3.05) is 40.1 Å². The van der Waals surface area contributed by atoms with Crippen LogP contribution >= 0.6 is 0 Å². The molecule has 0 unspecified atom stereocenters. The number of benzene rings is 2. The fourth-order valence-electron chi connectivity index (χ4n) is 2.66. The molecule has 28 heavy (non-hydrogen) atoms. The number of halogens is 1. The third kappa shape index (κ3) is 7.77. The van der Waals surface area contributed by atoms with E-state index in [0.717, 1.165) is 0 Å². The van der Waals surface area contributed by atoms with Crippen LogP contribution < -0.4 is 25.9 Å². The van der Waals surface area contributed by atoms with Crippen molar-refractivity contribution < 1.29 is 44.9 Å². The molecule has 0 spiro atoms. The van der Waals surface area contributed by atoms with Gasteiger partial charge in [-0.1, -0.05) is 0 Å². The summed E-state index contributed by atoms with van der Waals surface area (Å²) < 4.78 is 23.4. The van der Waals surface area contributed by atoms with Crippen LogP contribution in [-0.2, 0) is 19.0 Å². The number of hydrogen-bond donors (Lipinski definition) is 0. The van der Waals surface area contributed by atoms with Crippen LogP contribution in [0.2, 0.25) is 0 Å². The van der Waals surface area contributed by atoms with Gasteiger partial charge in [0.05, 0.1) is 6.61 Å². The molecule has 0 radical (unpaired) electrons. The average Bonchev–Trinajstić information content (AvgIpc) is 2.66. The van der Waals surface area contributed by atoms with Crippen molar-refractivity contribution in [3.8, 4) is 5.75 Å². The van der Waals surface area contributed by atoms with Gasteiger partial charge in [-0.25, -0.2) is 0 Å². The first-order valence-corrected chi connectivity index (χ1v) is 11.3. The molecule has 0 atom stereocenters. The standard InChI is InChI=1S/C22H28IO5/c1-16-13-17(2)22(18(3)14-16)23-19-5-7-20(8-6-19)28-15-21(24)27-12-11-26-10-9-25-4/h5-8,13-14H,9-12,15H2,1-4H3/q-1. The van der Waals surface area contributed by atoms with E-state index < -0.39 is 5.97 Å². The summed E-state index contributed by atoms with van der Waals surface area (Å²) in [6.45, 7) is 7.97. The van der Waals surface area contributed by atoms with Crippen molar-refractivity contribution >= 4 is 5.97 Å². The van der Waals surface area contributed by atoms with E-state index in [4.69, 9.17) is 18.9 Å². The number of carbonyl (C=O) groups excluding carboxylic acids is 1. The second kappa shape index (κ2) is 12.0. The summed E-state index contributed by atoms with van der Waals surface area (Å²) in [4.78, 5) is 11.7. The van der Waals surface area contributed by atoms with Gasteiger partial charge in [-0.2, -0.15) is 0 Å². The van der Waals surface area contributed by atoms with E-state index in [0.29, 0.717) is 25.6 Å². The zero-order valence-corrected chi connectivity index (χ0v) is 19.1. The summed E-state index contributed by atoms with van der Waals surface area (Å²) in [5.41, 5.74) is 4.03. The molecule has 0 fully saturated rings. The van der Waals surface area contributed by atoms with Crippen molar-refractivity contribution in [2.45, 2.75) is 20.8 Å². The molecule has 5 nitrogen and oxygen atoms in total. The van der Waals surface area contributed by atoms with Crippen LogP contribution in [0.15, 0.2) is 36.4 Å². The second-order valence-electron chi connectivity index (χ2n) is 6.38. The Hall–Kier alpha value is -1.64. The molecular formula is C22H28IO5-. The monoisotopic (exact) mass is 499 g/mol. The first-order chi connectivity index (χ1) is 13.5. The molecule has 6 heteroatoms.